The van der Waals surface area contributed by atoms with E-state index in [2.05, 4.69) is 4.98 Å². The molecule has 1 heterocycles. The van der Waals surface area contributed by atoms with Gasteiger partial charge >= 0.3 is 12.4 Å². The largest absolute Gasteiger partial charge is 0.417 e. The zero-order valence-corrected chi connectivity index (χ0v) is 16.9. The third-order valence-corrected chi connectivity index (χ3v) is 5.55. The molecule has 0 amide bonds. The number of fused-ring (bicyclic) bond motifs is 2. The van der Waals surface area contributed by atoms with Gasteiger partial charge in [0.1, 0.15) is 0 Å². The summed E-state index contributed by atoms with van der Waals surface area (Å²) in [6.07, 6.45) is -8.48. The number of hydrogen-bond acceptors (Lipinski definition) is 1. The second-order valence-corrected chi connectivity index (χ2v) is 7.73. The fraction of sp³-hybridized carbons (Fsp3) is 0.250. The summed E-state index contributed by atoms with van der Waals surface area (Å²) >= 11 is 0. The number of rotatable bonds is 5. The maximum Gasteiger partial charge on any atom is 0.417 e. The van der Waals surface area contributed by atoms with Crippen molar-refractivity contribution in [1.82, 2.24) is 4.98 Å². The van der Waals surface area contributed by atoms with Crippen LogP contribution in [-0.2, 0) is 18.8 Å². The molecular formula is C24H20F6N2. The third-order valence-electron chi connectivity index (χ3n) is 5.55. The van der Waals surface area contributed by atoms with E-state index >= 15 is 0 Å². The van der Waals surface area contributed by atoms with Crippen molar-refractivity contribution in [3.05, 3.63) is 71.3 Å². The van der Waals surface area contributed by atoms with Crippen LogP contribution >= 0.6 is 0 Å². The highest BCUT2D eigenvalue weighted by Gasteiger charge is 2.39. The number of unbranched alkanes of at least 4 members (excludes halogenated alkanes) is 1. The minimum absolute atomic E-state index is 0.182. The van der Waals surface area contributed by atoms with Crippen molar-refractivity contribution in [1.29, 1.82) is 0 Å². The van der Waals surface area contributed by atoms with Crippen molar-refractivity contribution in [2.45, 2.75) is 31.6 Å². The van der Waals surface area contributed by atoms with E-state index in [0.29, 0.717) is 36.2 Å². The van der Waals surface area contributed by atoms with Gasteiger partial charge in [-0.25, -0.2) is 0 Å². The van der Waals surface area contributed by atoms with Crippen molar-refractivity contribution in [2.24, 2.45) is 5.73 Å². The maximum atomic E-state index is 13.9. The summed E-state index contributed by atoms with van der Waals surface area (Å²) < 4.78 is 81.6. The minimum atomic E-state index is -4.94. The van der Waals surface area contributed by atoms with Crippen molar-refractivity contribution in [3.63, 3.8) is 0 Å². The van der Waals surface area contributed by atoms with E-state index in [4.69, 9.17) is 5.73 Å². The Bertz CT molecular complexity index is 1270. The Hall–Kier alpha value is -3.00. The molecule has 1 aromatic heterocycles. The lowest BCUT2D eigenvalue weighted by Gasteiger charge is -2.14. The van der Waals surface area contributed by atoms with Crippen molar-refractivity contribution in [3.8, 4) is 11.3 Å². The molecule has 3 N–H and O–H groups in total. The Morgan fingerprint density at radius 3 is 2.16 bits per heavy atom. The van der Waals surface area contributed by atoms with Gasteiger partial charge in [-0.15, -0.1) is 0 Å². The van der Waals surface area contributed by atoms with Crippen LogP contribution in [0.25, 0.3) is 32.9 Å². The van der Waals surface area contributed by atoms with Crippen LogP contribution in [0.5, 0.6) is 0 Å². The fourth-order valence-electron chi connectivity index (χ4n) is 4.08. The van der Waals surface area contributed by atoms with Crippen LogP contribution in [0.1, 0.15) is 29.5 Å². The molecule has 0 saturated carbocycles. The van der Waals surface area contributed by atoms with Gasteiger partial charge < -0.3 is 10.7 Å². The normalized spacial score (nSPS) is 12.7. The highest BCUT2D eigenvalue weighted by atomic mass is 19.4. The van der Waals surface area contributed by atoms with Gasteiger partial charge in [-0.2, -0.15) is 26.3 Å². The molecular weight excluding hydrogens is 430 g/mol. The highest BCUT2D eigenvalue weighted by molar-refractivity contribution is 5.96. The number of nitrogens with two attached hydrogens (primary N) is 1. The average molecular weight is 450 g/mol. The summed E-state index contributed by atoms with van der Waals surface area (Å²) in [6, 6.07) is 13.9. The molecule has 0 radical (unpaired) electrons. The van der Waals surface area contributed by atoms with Crippen molar-refractivity contribution < 1.29 is 26.3 Å². The number of benzene rings is 3. The predicted octanol–water partition coefficient (Wildman–Crippen LogP) is 7.31. The Kier molecular flexibility index (Phi) is 5.67. The van der Waals surface area contributed by atoms with Crippen LogP contribution in [0.4, 0.5) is 26.3 Å². The lowest BCUT2D eigenvalue weighted by atomic mass is 9.95. The van der Waals surface area contributed by atoms with Gasteiger partial charge in [-0.3, -0.25) is 0 Å². The van der Waals surface area contributed by atoms with E-state index in [-0.39, 0.29) is 23.4 Å². The fourth-order valence-corrected chi connectivity index (χ4v) is 4.08. The van der Waals surface area contributed by atoms with Crippen LogP contribution in [-0.4, -0.2) is 11.5 Å². The first-order chi connectivity index (χ1) is 15.1. The molecule has 0 unspecified atom stereocenters. The van der Waals surface area contributed by atoms with Crippen LogP contribution in [0.15, 0.2) is 54.6 Å². The van der Waals surface area contributed by atoms with E-state index in [1.807, 2.05) is 36.4 Å². The van der Waals surface area contributed by atoms with Crippen LogP contribution in [0.3, 0.4) is 0 Å². The van der Waals surface area contributed by atoms with Crippen molar-refractivity contribution >= 4 is 21.7 Å². The molecule has 0 atom stereocenters. The Morgan fingerprint density at radius 2 is 1.50 bits per heavy atom. The van der Waals surface area contributed by atoms with Gasteiger partial charge in [-0.05, 0) is 65.9 Å². The summed E-state index contributed by atoms with van der Waals surface area (Å²) in [5.41, 5.74) is 4.11. The molecule has 8 heteroatoms. The standard InChI is InChI=1S/C24H20F6N2/c25-23(26,27)17-12-19(24(28,29)30)21-18(7-3-4-10-31)22(32-20(21)13-17)16-9-8-14-5-1-2-6-15(14)11-16/h1-2,5-6,8-9,11-13,32H,3-4,7,10,31H2. The van der Waals surface area contributed by atoms with Gasteiger partial charge in [0, 0.05) is 16.6 Å². The number of aryl methyl sites for hydroxylation is 1. The Labute approximate surface area is 180 Å². The minimum Gasteiger partial charge on any atom is -0.354 e. The number of hydrogen-bond donors (Lipinski definition) is 2. The third kappa shape index (κ3) is 4.19. The van der Waals surface area contributed by atoms with Gasteiger partial charge in [0.25, 0.3) is 0 Å². The van der Waals surface area contributed by atoms with E-state index in [0.717, 1.165) is 16.8 Å². The number of H-pyrrole nitrogens is 1. The average Bonchev–Trinajstić information content (AvgIpc) is 3.10. The van der Waals surface area contributed by atoms with Crippen LogP contribution in [0.2, 0.25) is 0 Å². The molecule has 0 saturated heterocycles. The first-order valence-electron chi connectivity index (χ1n) is 10.1. The number of aromatic nitrogens is 1. The van der Waals surface area contributed by atoms with Gasteiger partial charge in [0.05, 0.1) is 11.1 Å². The number of alkyl halides is 6. The highest BCUT2D eigenvalue weighted by Crippen LogP contribution is 2.44. The SMILES string of the molecule is NCCCCc1c(-c2ccc3ccccc3c2)[nH]c2cc(C(F)(F)F)cc(C(F)(F)F)c12. The Balaban J connectivity index is 2.01. The van der Waals surface area contributed by atoms with E-state index in [9.17, 15) is 26.3 Å². The first kappa shape index (κ1) is 22.2. The summed E-state index contributed by atoms with van der Waals surface area (Å²) in [7, 11) is 0. The topological polar surface area (TPSA) is 41.8 Å². The van der Waals surface area contributed by atoms with Gasteiger partial charge in [-0.1, -0.05) is 36.4 Å². The van der Waals surface area contributed by atoms with Gasteiger partial charge in [0.15, 0.2) is 0 Å². The molecule has 0 aliphatic heterocycles. The molecule has 4 rings (SSSR count). The molecule has 0 bridgehead atoms. The molecule has 0 spiro atoms. The summed E-state index contributed by atoms with van der Waals surface area (Å²) in [5, 5.41) is 1.61. The maximum absolute atomic E-state index is 13.9. The molecule has 32 heavy (non-hydrogen) atoms. The smallest absolute Gasteiger partial charge is 0.354 e. The monoisotopic (exact) mass is 450 g/mol. The second kappa shape index (κ2) is 8.16. The molecule has 3 aromatic carbocycles. The van der Waals surface area contributed by atoms with Gasteiger partial charge in [0.2, 0.25) is 0 Å². The van der Waals surface area contributed by atoms with E-state index < -0.39 is 23.5 Å². The van der Waals surface area contributed by atoms with Crippen molar-refractivity contribution in [2.75, 3.05) is 6.54 Å². The quantitative estimate of drug-likeness (QED) is 0.243. The molecule has 0 fully saturated rings. The molecule has 0 aliphatic rings. The summed E-state index contributed by atoms with van der Waals surface area (Å²) in [4.78, 5) is 2.87. The predicted molar refractivity (Wildman–Crippen MR) is 113 cm³/mol. The number of halogens is 6. The zero-order chi connectivity index (χ0) is 23.1. The van der Waals surface area contributed by atoms with Crippen LogP contribution < -0.4 is 5.73 Å². The summed E-state index contributed by atoms with van der Waals surface area (Å²) in [5.74, 6) is 0. The number of aromatic amines is 1. The molecule has 4 aromatic rings. The molecule has 168 valence electrons. The lowest BCUT2D eigenvalue weighted by molar-refractivity contribution is -0.142. The van der Waals surface area contributed by atoms with Crippen LogP contribution in [0, 0.1) is 0 Å². The second-order valence-electron chi connectivity index (χ2n) is 7.73. The number of nitrogens with one attached hydrogen (secondary N) is 1. The van der Waals surface area contributed by atoms with E-state index in [1.54, 1.807) is 6.07 Å². The lowest BCUT2D eigenvalue weighted by Crippen LogP contribution is -2.11. The molecule has 0 aliphatic carbocycles. The Morgan fingerprint density at radius 1 is 0.781 bits per heavy atom. The zero-order valence-electron chi connectivity index (χ0n) is 16.9. The summed E-state index contributed by atoms with van der Waals surface area (Å²) in [6.45, 7) is 0.373. The first-order valence-corrected chi connectivity index (χ1v) is 10.1. The van der Waals surface area contributed by atoms with E-state index in [1.165, 1.54) is 0 Å². The molecule has 2 nitrogen and oxygen atoms in total.